The van der Waals surface area contributed by atoms with Crippen LogP contribution in [0.3, 0.4) is 0 Å². The van der Waals surface area contributed by atoms with Gasteiger partial charge in [0.15, 0.2) is 0 Å². The van der Waals surface area contributed by atoms with Crippen LogP contribution in [0.2, 0.25) is 0 Å². The standard InChI is InChI=1S/C16H20N4O/c1-11(2)10-18-16-17-9-8-14(20-16)15(21)19-13-7-5-4-6-12(13)3/h4-9,11H,10H2,1-3H3,(H,19,21)(H,17,18,20). The maximum Gasteiger partial charge on any atom is 0.274 e. The number of nitrogens with zero attached hydrogens (tertiary/aromatic N) is 2. The first-order valence-electron chi connectivity index (χ1n) is 7.00. The van der Waals surface area contributed by atoms with Crippen molar-refractivity contribution in [2.45, 2.75) is 20.8 Å². The normalized spacial score (nSPS) is 10.5. The van der Waals surface area contributed by atoms with Crippen LogP contribution in [0.15, 0.2) is 36.5 Å². The maximum atomic E-state index is 12.2. The molecule has 2 N–H and O–H groups in total. The molecule has 1 amide bonds. The Balaban J connectivity index is 2.09. The molecule has 5 nitrogen and oxygen atoms in total. The van der Waals surface area contributed by atoms with Crippen LogP contribution >= 0.6 is 0 Å². The zero-order valence-electron chi connectivity index (χ0n) is 12.6. The molecule has 5 heteroatoms. The van der Waals surface area contributed by atoms with Gasteiger partial charge in [-0.2, -0.15) is 0 Å². The lowest BCUT2D eigenvalue weighted by Gasteiger charge is -2.10. The fraction of sp³-hybridized carbons (Fsp3) is 0.312. The van der Waals surface area contributed by atoms with Gasteiger partial charge in [0.25, 0.3) is 5.91 Å². The number of aryl methyl sites for hydroxylation is 1. The lowest BCUT2D eigenvalue weighted by atomic mass is 10.2. The second-order valence-corrected chi connectivity index (χ2v) is 5.31. The smallest absolute Gasteiger partial charge is 0.274 e. The quantitative estimate of drug-likeness (QED) is 0.885. The van der Waals surface area contributed by atoms with Gasteiger partial charge in [0.1, 0.15) is 5.69 Å². The number of para-hydroxylation sites is 1. The minimum atomic E-state index is -0.237. The molecule has 1 heterocycles. The van der Waals surface area contributed by atoms with Crippen LogP contribution in [-0.4, -0.2) is 22.4 Å². The Bertz CT molecular complexity index is 625. The topological polar surface area (TPSA) is 66.9 Å². The first kappa shape index (κ1) is 15.0. The molecule has 0 spiro atoms. The van der Waals surface area contributed by atoms with Crippen molar-refractivity contribution in [2.24, 2.45) is 5.92 Å². The first-order chi connectivity index (χ1) is 10.1. The van der Waals surface area contributed by atoms with Crippen LogP contribution in [0.1, 0.15) is 29.9 Å². The minimum absolute atomic E-state index is 0.237. The Morgan fingerprint density at radius 1 is 1.24 bits per heavy atom. The summed E-state index contributed by atoms with van der Waals surface area (Å²) in [5.74, 6) is 0.721. The fourth-order valence-electron chi connectivity index (χ4n) is 1.77. The second kappa shape index (κ2) is 6.83. The van der Waals surface area contributed by atoms with Crippen molar-refractivity contribution in [3.05, 3.63) is 47.8 Å². The molecule has 0 bridgehead atoms. The summed E-state index contributed by atoms with van der Waals surface area (Å²) in [6.07, 6.45) is 1.59. The molecule has 0 saturated heterocycles. The highest BCUT2D eigenvalue weighted by atomic mass is 16.1. The SMILES string of the molecule is Cc1ccccc1NC(=O)c1ccnc(NCC(C)C)n1. The van der Waals surface area contributed by atoms with Crippen LogP contribution in [0.25, 0.3) is 0 Å². The summed E-state index contributed by atoms with van der Waals surface area (Å²) in [7, 11) is 0. The Hall–Kier alpha value is -2.43. The molecule has 0 atom stereocenters. The third kappa shape index (κ3) is 4.27. The van der Waals surface area contributed by atoms with Gasteiger partial charge >= 0.3 is 0 Å². The Morgan fingerprint density at radius 2 is 2.00 bits per heavy atom. The average molecular weight is 284 g/mol. The largest absolute Gasteiger partial charge is 0.354 e. The molecular weight excluding hydrogens is 264 g/mol. The van der Waals surface area contributed by atoms with E-state index in [1.165, 1.54) is 0 Å². The van der Waals surface area contributed by atoms with Gasteiger partial charge in [-0.15, -0.1) is 0 Å². The molecule has 2 aromatic rings. The summed E-state index contributed by atoms with van der Waals surface area (Å²) < 4.78 is 0. The van der Waals surface area contributed by atoms with E-state index in [0.717, 1.165) is 17.8 Å². The summed E-state index contributed by atoms with van der Waals surface area (Å²) >= 11 is 0. The van der Waals surface area contributed by atoms with Crippen molar-refractivity contribution in [2.75, 3.05) is 17.2 Å². The first-order valence-corrected chi connectivity index (χ1v) is 7.00. The number of carbonyl (C=O) groups excluding carboxylic acids is 1. The third-order valence-electron chi connectivity index (χ3n) is 2.95. The molecule has 2 rings (SSSR count). The monoisotopic (exact) mass is 284 g/mol. The van der Waals surface area contributed by atoms with Crippen molar-refractivity contribution in [3.63, 3.8) is 0 Å². The second-order valence-electron chi connectivity index (χ2n) is 5.31. The zero-order chi connectivity index (χ0) is 15.2. The highest BCUT2D eigenvalue weighted by Gasteiger charge is 2.10. The van der Waals surface area contributed by atoms with Gasteiger partial charge in [0.05, 0.1) is 0 Å². The Labute approximate surface area is 124 Å². The number of rotatable bonds is 5. The molecule has 21 heavy (non-hydrogen) atoms. The minimum Gasteiger partial charge on any atom is -0.354 e. The number of amides is 1. The Kier molecular flexibility index (Phi) is 4.87. The summed E-state index contributed by atoms with van der Waals surface area (Å²) in [6, 6.07) is 9.24. The maximum absolute atomic E-state index is 12.2. The van der Waals surface area contributed by atoms with E-state index >= 15 is 0 Å². The summed E-state index contributed by atoms with van der Waals surface area (Å²) in [4.78, 5) is 20.6. The van der Waals surface area contributed by atoms with Crippen molar-refractivity contribution < 1.29 is 4.79 Å². The van der Waals surface area contributed by atoms with Gasteiger partial charge in [0.2, 0.25) is 5.95 Å². The molecule has 0 radical (unpaired) electrons. The van der Waals surface area contributed by atoms with E-state index < -0.39 is 0 Å². The lowest BCUT2D eigenvalue weighted by Crippen LogP contribution is -2.17. The number of aromatic nitrogens is 2. The predicted molar refractivity (Wildman–Crippen MR) is 84.5 cm³/mol. The van der Waals surface area contributed by atoms with Gasteiger partial charge < -0.3 is 10.6 Å². The van der Waals surface area contributed by atoms with E-state index in [-0.39, 0.29) is 5.91 Å². The van der Waals surface area contributed by atoms with E-state index in [0.29, 0.717) is 17.6 Å². The molecule has 0 saturated carbocycles. The molecule has 0 aliphatic carbocycles. The summed E-state index contributed by atoms with van der Waals surface area (Å²) in [6.45, 7) is 6.91. The third-order valence-corrected chi connectivity index (χ3v) is 2.95. The van der Waals surface area contributed by atoms with Crippen LogP contribution in [-0.2, 0) is 0 Å². The highest BCUT2D eigenvalue weighted by molar-refractivity contribution is 6.03. The molecule has 1 aromatic carbocycles. The number of hydrogen-bond acceptors (Lipinski definition) is 4. The molecule has 0 aliphatic rings. The summed E-state index contributed by atoms with van der Waals surface area (Å²) in [5, 5.41) is 5.97. The fourth-order valence-corrected chi connectivity index (χ4v) is 1.77. The van der Waals surface area contributed by atoms with E-state index in [4.69, 9.17) is 0 Å². The average Bonchev–Trinajstić information content (AvgIpc) is 2.48. The van der Waals surface area contributed by atoms with Gasteiger partial charge in [-0.3, -0.25) is 4.79 Å². The Morgan fingerprint density at radius 3 is 2.71 bits per heavy atom. The van der Waals surface area contributed by atoms with Gasteiger partial charge in [-0.25, -0.2) is 9.97 Å². The number of benzene rings is 1. The van der Waals surface area contributed by atoms with Crippen molar-refractivity contribution in [1.82, 2.24) is 9.97 Å². The lowest BCUT2D eigenvalue weighted by molar-refractivity contribution is 0.102. The van der Waals surface area contributed by atoms with E-state index in [9.17, 15) is 4.79 Å². The summed E-state index contributed by atoms with van der Waals surface area (Å²) in [5.41, 5.74) is 2.15. The van der Waals surface area contributed by atoms with E-state index in [1.807, 2.05) is 31.2 Å². The number of hydrogen-bond donors (Lipinski definition) is 2. The van der Waals surface area contributed by atoms with E-state index in [1.54, 1.807) is 12.3 Å². The van der Waals surface area contributed by atoms with Gasteiger partial charge in [-0.05, 0) is 30.5 Å². The van der Waals surface area contributed by atoms with Crippen molar-refractivity contribution in [1.29, 1.82) is 0 Å². The molecule has 0 unspecified atom stereocenters. The zero-order valence-corrected chi connectivity index (χ0v) is 12.6. The molecule has 0 aliphatic heterocycles. The van der Waals surface area contributed by atoms with E-state index in [2.05, 4.69) is 34.4 Å². The number of carbonyl (C=O) groups is 1. The van der Waals surface area contributed by atoms with Crippen LogP contribution in [0, 0.1) is 12.8 Å². The van der Waals surface area contributed by atoms with Gasteiger partial charge in [-0.1, -0.05) is 32.0 Å². The van der Waals surface area contributed by atoms with Crippen molar-refractivity contribution >= 4 is 17.5 Å². The number of anilines is 2. The van der Waals surface area contributed by atoms with Crippen LogP contribution in [0.4, 0.5) is 11.6 Å². The number of nitrogens with one attached hydrogen (secondary N) is 2. The molecular formula is C16H20N4O. The van der Waals surface area contributed by atoms with Crippen LogP contribution in [0.5, 0.6) is 0 Å². The predicted octanol–water partition coefficient (Wildman–Crippen LogP) is 3.11. The van der Waals surface area contributed by atoms with Gasteiger partial charge in [0, 0.05) is 18.4 Å². The van der Waals surface area contributed by atoms with Crippen molar-refractivity contribution in [3.8, 4) is 0 Å². The molecule has 110 valence electrons. The molecule has 1 aromatic heterocycles. The highest BCUT2D eigenvalue weighted by Crippen LogP contribution is 2.14. The van der Waals surface area contributed by atoms with Crippen LogP contribution < -0.4 is 10.6 Å². The molecule has 0 fully saturated rings.